The van der Waals surface area contributed by atoms with Crippen LogP contribution >= 0.6 is 0 Å². The van der Waals surface area contributed by atoms with Gasteiger partial charge in [-0.15, -0.1) is 0 Å². The van der Waals surface area contributed by atoms with Crippen molar-refractivity contribution in [3.8, 4) is 0 Å². The summed E-state index contributed by atoms with van der Waals surface area (Å²) in [4.78, 5) is 36.8. The minimum Gasteiger partial charge on any atom is -0.392 e. The van der Waals surface area contributed by atoms with Crippen LogP contribution in [0.3, 0.4) is 0 Å². The molecule has 3 aliphatic heterocycles. The third-order valence-electron chi connectivity index (χ3n) is 8.07. The molecule has 2 fully saturated rings. The van der Waals surface area contributed by atoms with Crippen molar-refractivity contribution in [1.82, 2.24) is 15.1 Å². The third kappa shape index (κ3) is 5.14. The van der Waals surface area contributed by atoms with Crippen LogP contribution in [0.25, 0.3) is 0 Å². The first-order valence-corrected chi connectivity index (χ1v) is 13.5. The molecule has 23 heteroatoms. The van der Waals surface area contributed by atoms with Gasteiger partial charge < -0.3 is 56.4 Å². The molecule has 8 radical (unpaired) electrons. The van der Waals surface area contributed by atoms with Crippen molar-refractivity contribution in [2.75, 3.05) is 5.32 Å². The maximum absolute atomic E-state index is 15.6. The Kier molecular flexibility index (Phi) is 8.05. The molecule has 0 bridgehead atoms. The van der Waals surface area contributed by atoms with Gasteiger partial charge in [0.1, 0.15) is 19.7 Å². The summed E-state index contributed by atoms with van der Waals surface area (Å²) in [5.41, 5.74) is -11.3. The molecular weight excluding hydrogens is 643 g/mol. The Hall–Kier alpha value is -3.44. The predicted octanol–water partition coefficient (Wildman–Crippen LogP) is -6.93. The minimum absolute atomic E-state index is 0.216. The second kappa shape index (κ2) is 10.8. The van der Waals surface area contributed by atoms with Gasteiger partial charge in [0.2, 0.25) is 11.8 Å². The smallest absolute Gasteiger partial charge is 0.315 e. The van der Waals surface area contributed by atoms with E-state index in [0.717, 1.165) is 6.07 Å². The number of morpholine rings is 1. The zero-order chi connectivity index (χ0) is 36.2. The number of nitrogens with zero attached hydrogens (tertiary/aromatic N) is 2. The highest BCUT2D eigenvalue weighted by Crippen LogP contribution is 2.47. The maximum Gasteiger partial charge on any atom is 0.315 e. The monoisotopic (exact) mass is 666 g/mol. The number of halogens is 1. The van der Waals surface area contributed by atoms with Crippen molar-refractivity contribution in [3.05, 3.63) is 64.5 Å². The number of hydrogen-bond donors (Lipinski definition) is 12. The Morgan fingerprint density at radius 1 is 0.979 bits per heavy atom. The molecule has 18 nitrogen and oxygen atoms in total. The standard InChI is InChI=1S/C25H23B4FN4O14/c26-19(27,32-13-3-1-2-10-16(13)21(40,41)33(18(10)37)14-6-7-15(35)31-17(14)36)11-5-4-9(8-12(11)30)20(38,39)34-22(28,42)25(46,47)48-23(29,43)24(34,44)45/h1-5,8,14,32,38-47H,6-7H2,(H,31,35,36)/t14-,22?,23?/m0/s1. The summed E-state index contributed by atoms with van der Waals surface area (Å²) in [6.45, 7) is 0. The van der Waals surface area contributed by atoms with E-state index in [-0.39, 0.29) is 30.2 Å². The SMILES string of the molecule is [B]C([B])(Nc1cccc2c1C(O)(O)N([C@H]1CCC(=O)NC1=O)C2=O)c1ccc(C(O)(O)N2C([B])(O)C(O)(O)OC([B])(O)C2(O)O)cc1F. The lowest BCUT2D eigenvalue weighted by molar-refractivity contribution is -0.592. The van der Waals surface area contributed by atoms with Crippen LogP contribution in [-0.2, 0) is 31.5 Å². The van der Waals surface area contributed by atoms with Crippen LogP contribution in [-0.4, -0.2) is 139 Å². The Morgan fingerprint density at radius 2 is 1.60 bits per heavy atom. The van der Waals surface area contributed by atoms with Gasteiger partial charge in [0.05, 0.1) is 26.8 Å². The number of carbonyl (C=O) groups is 3. The van der Waals surface area contributed by atoms with Gasteiger partial charge in [0.15, 0.2) is 19.2 Å². The van der Waals surface area contributed by atoms with Gasteiger partial charge in [0.25, 0.3) is 23.6 Å². The van der Waals surface area contributed by atoms with Crippen molar-refractivity contribution < 1.29 is 74.6 Å². The number of hydrogen-bond acceptors (Lipinski definition) is 16. The Morgan fingerprint density at radius 3 is 2.19 bits per heavy atom. The second-order valence-corrected chi connectivity index (χ2v) is 11.4. The highest BCUT2D eigenvalue weighted by atomic mass is 19.1. The van der Waals surface area contributed by atoms with Gasteiger partial charge >= 0.3 is 5.97 Å². The largest absolute Gasteiger partial charge is 0.392 e. The summed E-state index contributed by atoms with van der Waals surface area (Å²) in [7, 11) is 22.6. The Labute approximate surface area is 273 Å². The van der Waals surface area contributed by atoms with Crippen molar-refractivity contribution >= 4 is 54.8 Å². The first-order chi connectivity index (χ1) is 21.7. The minimum atomic E-state index is -4.36. The first-order valence-electron chi connectivity index (χ1n) is 13.5. The van der Waals surface area contributed by atoms with Gasteiger partial charge in [-0.25, -0.2) is 4.39 Å². The lowest BCUT2D eigenvalue weighted by atomic mass is 9.57. The van der Waals surface area contributed by atoms with Crippen LogP contribution in [0, 0.1) is 5.82 Å². The van der Waals surface area contributed by atoms with Gasteiger partial charge in [-0.3, -0.25) is 29.3 Å². The van der Waals surface area contributed by atoms with E-state index in [1.165, 1.54) is 12.1 Å². The number of carbonyl (C=O) groups excluding carboxylic acids is 3. The molecule has 3 heterocycles. The van der Waals surface area contributed by atoms with E-state index < -0.39 is 91.5 Å². The highest BCUT2D eigenvalue weighted by Gasteiger charge is 2.74. The summed E-state index contributed by atoms with van der Waals surface area (Å²) in [5, 5.41) is 107. The van der Waals surface area contributed by atoms with Gasteiger partial charge in [-0.1, -0.05) is 18.2 Å². The van der Waals surface area contributed by atoms with E-state index in [1.54, 1.807) is 0 Å². The third-order valence-corrected chi connectivity index (χ3v) is 8.07. The normalized spacial score (nSPS) is 28.6. The number of nitrogens with one attached hydrogen (secondary N) is 2. The van der Waals surface area contributed by atoms with Crippen LogP contribution in [0.2, 0.25) is 0 Å². The van der Waals surface area contributed by atoms with Crippen LogP contribution < -0.4 is 10.6 Å². The van der Waals surface area contributed by atoms with Gasteiger partial charge in [-0.2, -0.15) is 4.90 Å². The summed E-state index contributed by atoms with van der Waals surface area (Å²) >= 11 is 0. The van der Waals surface area contributed by atoms with Crippen molar-refractivity contribution in [1.29, 1.82) is 0 Å². The summed E-state index contributed by atoms with van der Waals surface area (Å²) in [6, 6.07) is 3.57. The number of anilines is 1. The second-order valence-electron chi connectivity index (χ2n) is 11.4. The van der Waals surface area contributed by atoms with Crippen LogP contribution in [0.5, 0.6) is 0 Å². The van der Waals surface area contributed by atoms with E-state index in [2.05, 4.69) is 10.1 Å². The summed E-state index contributed by atoms with van der Waals surface area (Å²) in [6.07, 6.45) is -0.462. The molecular formula is C25H23B4FN4O14. The number of fused-ring (bicyclic) bond motifs is 1. The molecule has 3 atom stereocenters. The zero-order valence-corrected chi connectivity index (χ0v) is 24.1. The maximum atomic E-state index is 15.6. The fraction of sp³-hybridized carbons (Fsp3) is 0.400. The number of benzene rings is 2. The molecule has 0 aromatic heterocycles. The van der Waals surface area contributed by atoms with E-state index in [4.69, 9.17) is 31.4 Å². The van der Waals surface area contributed by atoms with Gasteiger partial charge in [0, 0.05) is 17.7 Å². The Bertz CT molecular complexity index is 1700. The highest BCUT2D eigenvalue weighted by molar-refractivity contribution is 6.41. The topological polar surface area (TPSA) is 293 Å². The first kappa shape index (κ1) is 35.9. The van der Waals surface area contributed by atoms with Crippen molar-refractivity contribution in [2.24, 2.45) is 0 Å². The summed E-state index contributed by atoms with van der Waals surface area (Å²) < 4.78 is 19.6. The molecule has 2 aromatic carbocycles. The van der Waals surface area contributed by atoms with Crippen molar-refractivity contribution in [2.45, 2.75) is 59.2 Å². The molecule has 3 amide bonds. The number of rotatable bonds is 6. The van der Waals surface area contributed by atoms with E-state index in [9.17, 15) is 65.4 Å². The predicted molar refractivity (Wildman–Crippen MR) is 153 cm³/mol. The van der Waals surface area contributed by atoms with Crippen LogP contribution in [0.1, 0.15) is 39.9 Å². The fourth-order valence-electron chi connectivity index (χ4n) is 5.71. The molecule has 2 aromatic rings. The molecule has 246 valence electrons. The number of ether oxygens (including phenoxy) is 1. The molecule has 0 saturated carbocycles. The lowest BCUT2D eigenvalue weighted by Gasteiger charge is -2.61. The average Bonchev–Trinajstić information content (AvgIpc) is 3.12. The zero-order valence-electron chi connectivity index (χ0n) is 24.1. The molecule has 0 aliphatic carbocycles. The quantitative estimate of drug-likeness (QED) is 0.0775. The number of imide groups is 1. The molecule has 12 N–H and O–H groups in total. The molecule has 5 rings (SSSR count). The van der Waals surface area contributed by atoms with Gasteiger partial charge in [-0.05, 0) is 35.5 Å². The number of amides is 3. The molecule has 48 heavy (non-hydrogen) atoms. The average molecular weight is 666 g/mol. The van der Waals surface area contributed by atoms with Crippen molar-refractivity contribution in [3.63, 3.8) is 0 Å². The molecule has 0 spiro atoms. The van der Waals surface area contributed by atoms with E-state index in [1.807, 2.05) is 5.32 Å². The Balaban J connectivity index is 1.50. The summed E-state index contributed by atoms with van der Waals surface area (Å²) in [5.74, 6) is -20.1. The molecule has 2 unspecified atom stereocenters. The van der Waals surface area contributed by atoms with Crippen LogP contribution in [0.15, 0.2) is 36.4 Å². The molecule has 3 aliphatic rings. The molecule has 2 saturated heterocycles. The van der Waals surface area contributed by atoms with Crippen LogP contribution in [0.4, 0.5) is 10.1 Å². The van der Waals surface area contributed by atoms with E-state index >= 15 is 4.39 Å². The lowest BCUT2D eigenvalue weighted by Crippen LogP contribution is -2.87. The number of piperidine rings is 1. The number of aliphatic hydroxyl groups is 10. The van der Waals surface area contributed by atoms with E-state index in [0.29, 0.717) is 17.0 Å². The fourth-order valence-corrected chi connectivity index (χ4v) is 5.71.